The Hall–Kier alpha value is -2.24. The molecule has 1 aliphatic rings. The number of hydrogen-bond donors (Lipinski definition) is 1. The van der Waals surface area contributed by atoms with Gasteiger partial charge in [0, 0.05) is 31.5 Å². The maximum absolute atomic E-state index is 12.4. The molecule has 0 bridgehead atoms. The van der Waals surface area contributed by atoms with Crippen molar-refractivity contribution in [3.8, 4) is 11.5 Å². The molecule has 1 fully saturated rings. The van der Waals surface area contributed by atoms with E-state index in [1.807, 2.05) is 36.9 Å². The fraction of sp³-hybridized carbons (Fsp3) is 0.579. The summed E-state index contributed by atoms with van der Waals surface area (Å²) in [6.45, 7) is 5.58. The van der Waals surface area contributed by atoms with Crippen LogP contribution in [0.2, 0.25) is 0 Å². The van der Waals surface area contributed by atoms with Gasteiger partial charge in [-0.1, -0.05) is 19.9 Å². The number of methoxy groups -OCH3 is 2. The lowest BCUT2D eigenvalue weighted by Crippen LogP contribution is -2.44. The zero-order valence-electron chi connectivity index (χ0n) is 15.5. The van der Waals surface area contributed by atoms with Gasteiger partial charge in [-0.25, -0.2) is 0 Å². The average Bonchev–Trinajstić information content (AvgIpc) is 2.65. The molecule has 6 nitrogen and oxygen atoms in total. The number of rotatable bonds is 6. The van der Waals surface area contributed by atoms with Gasteiger partial charge in [0.05, 0.1) is 14.2 Å². The van der Waals surface area contributed by atoms with E-state index in [9.17, 15) is 9.59 Å². The molecule has 0 aromatic heterocycles. The molecule has 138 valence electrons. The summed E-state index contributed by atoms with van der Waals surface area (Å²) in [4.78, 5) is 26.3. The minimum Gasteiger partial charge on any atom is -0.493 e. The zero-order chi connectivity index (χ0) is 18.4. The van der Waals surface area contributed by atoms with Gasteiger partial charge in [-0.15, -0.1) is 0 Å². The Morgan fingerprint density at radius 2 is 1.80 bits per heavy atom. The van der Waals surface area contributed by atoms with E-state index >= 15 is 0 Å². The van der Waals surface area contributed by atoms with Crippen molar-refractivity contribution >= 4 is 11.8 Å². The summed E-state index contributed by atoms with van der Waals surface area (Å²) in [6.07, 6.45) is 1.44. The lowest BCUT2D eigenvalue weighted by molar-refractivity contribution is -0.138. The number of nitrogens with zero attached hydrogens (tertiary/aromatic N) is 1. The molecule has 6 heteroatoms. The molecule has 1 aliphatic heterocycles. The third-order valence-corrected chi connectivity index (χ3v) is 4.59. The van der Waals surface area contributed by atoms with Gasteiger partial charge in [-0.05, 0) is 30.5 Å². The number of nitrogens with one attached hydrogen (secondary N) is 1. The molecular formula is C19H28N2O4. The molecule has 25 heavy (non-hydrogen) atoms. The van der Waals surface area contributed by atoms with Gasteiger partial charge in [0.15, 0.2) is 11.5 Å². The first-order chi connectivity index (χ1) is 12.0. The highest BCUT2D eigenvalue weighted by Gasteiger charge is 2.28. The molecule has 1 heterocycles. The molecular weight excluding hydrogens is 320 g/mol. The van der Waals surface area contributed by atoms with Gasteiger partial charge in [0.1, 0.15) is 0 Å². The van der Waals surface area contributed by atoms with Crippen molar-refractivity contribution in [2.45, 2.75) is 33.2 Å². The van der Waals surface area contributed by atoms with Crippen molar-refractivity contribution in [3.05, 3.63) is 23.8 Å². The van der Waals surface area contributed by atoms with E-state index in [0.717, 1.165) is 18.4 Å². The Morgan fingerprint density at radius 3 is 2.36 bits per heavy atom. The molecule has 1 aromatic carbocycles. The Kier molecular flexibility index (Phi) is 6.67. The fourth-order valence-corrected chi connectivity index (χ4v) is 3.05. The lowest BCUT2D eigenvalue weighted by Gasteiger charge is -2.32. The van der Waals surface area contributed by atoms with Crippen molar-refractivity contribution in [1.82, 2.24) is 10.2 Å². The largest absolute Gasteiger partial charge is 0.493 e. The first-order valence-electron chi connectivity index (χ1n) is 8.73. The maximum atomic E-state index is 12.4. The summed E-state index contributed by atoms with van der Waals surface area (Å²) in [7, 11) is 3.18. The van der Waals surface area contributed by atoms with Crippen LogP contribution in [0.15, 0.2) is 18.2 Å². The first-order valence-corrected chi connectivity index (χ1v) is 8.73. The van der Waals surface area contributed by atoms with Crippen LogP contribution in [-0.4, -0.2) is 44.0 Å². The topological polar surface area (TPSA) is 67.9 Å². The van der Waals surface area contributed by atoms with E-state index < -0.39 is 0 Å². The third-order valence-electron chi connectivity index (χ3n) is 4.59. The van der Waals surface area contributed by atoms with E-state index in [1.54, 1.807) is 14.2 Å². The molecule has 2 amide bonds. The van der Waals surface area contributed by atoms with Crippen molar-refractivity contribution in [3.63, 3.8) is 0 Å². The Labute approximate surface area is 149 Å². The molecule has 0 unspecified atom stereocenters. The van der Waals surface area contributed by atoms with Gasteiger partial charge in [0.25, 0.3) is 0 Å². The summed E-state index contributed by atoms with van der Waals surface area (Å²) < 4.78 is 10.5. The number of amides is 2. The second kappa shape index (κ2) is 8.74. The monoisotopic (exact) mass is 348 g/mol. The van der Waals surface area contributed by atoms with Gasteiger partial charge >= 0.3 is 0 Å². The van der Waals surface area contributed by atoms with Crippen LogP contribution in [0.25, 0.3) is 0 Å². The number of ether oxygens (including phenoxy) is 2. The molecule has 1 saturated heterocycles. The molecule has 0 atom stereocenters. The van der Waals surface area contributed by atoms with Crippen molar-refractivity contribution in [1.29, 1.82) is 0 Å². The summed E-state index contributed by atoms with van der Waals surface area (Å²) in [5.41, 5.74) is 0.957. The SMILES string of the molecule is COc1ccc(CNC(=O)C2CCN(C(=O)C(C)C)CC2)cc1OC. The molecule has 0 aliphatic carbocycles. The second-order valence-corrected chi connectivity index (χ2v) is 6.66. The third kappa shape index (κ3) is 4.87. The predicted octanol–water partition coefficient (Wildman–Crippen LogP) is 2.21. The number of carbonyl (C=O) groups excluding carboxylic acids is 2. The molecule has 1 N–H and O–H groups in total. The van der Waals surface area contributed by atoms with E-state index in [0.29, 0.717) is 31.1 Å². The van der Waals surface area contributed by atoms with Crippen LogP contribution in [0.5, 0.6) is 11.5 Å². The number of benzene rings is 1. The minimum absolute atomic E-state index is 0.00966. The highest BCUT2D eigenvalue weighted by atomic mass is 16.5. The maximum Gasteiger partial charge on any atom is 0.225 e. The van der Waals surface area contributed by atoms with Gasteiger partial charge in [-0.3, -0.25) is 9.59 Å². The van der Waals surface area contributed by atoms with Crippen LogP contribution in [-0.2, 0) is 16.1 Å². The number of piperidine rings is 1. The minimum atomic E-state index is -0.0312. The normalized spacial score (nSPS) is 15.2. The molecule has 0 spiro atoms. The highest BCUT2D eigenvalue weighted by molar-refractivity contribution is 5.80. The van der Waals surface area contributed by atoms with Crippen LogP contribution < -0.4 is 14.8 Å². The smallest absolute Gasteiger partial charge is 0.225 e. The lowest BCUT2D eigenvalue weighted by atomic mass is 9.95. The standard InChI is InChI=1S/C19H28N2O4/c1-13(2)19(23)21-9-7-15(8-10-21)18(22)20-12-14-5-6-16(24-3)17(11-14)25-4/h5-6,11,13,15H,7-10,12H2,1-4H3,(H,20,22). The van der Waals surface area contributed by atoms with Crippen molar-refractivity contribution < 1.29 is 19.1 Å². The summed E-state index contributed by atoms with van der Waals surface area (Å²) in [6, 6.07) is 5.60. The van der Waals surface area contributed by atoms with Gasteiger partial charge in [-0.2, -0.15) is 0 Å². The average molecular weight is 348 g/mol. The number of likely N-dealkylation sites (tertiary alicyclic amines) is 1. The Morgan fingerprint density at radius 1 is 1.16 bits per heavy atom. The molecule has 1 aromatic rings. The van der Waals surface area contributed by atoms with Crippen LogP contribution in [0.1, 0.15) is 32.3 Å². The number of carbonyl (C=O) groups is 2. The second-order valence-electron chi connectivity index (χ2n) is 6.66. The van der Waals surface area contributed by atoms with Crippen LogP contribution in [0.4, 0.5) is 0 Å². The van der Waals surface area contributed by atoms with E-state index in [2.05, 4.69) is 5.32 Å². The quantitative estimate of drug-likeness (QED) is 0.856. The Balaban J connectivity index is 1.84. The summed E-state index contributed by atoms with van der Waals surface area (Å²) in [5, 5.41) is 2.99. The summed E-state index contributed by atoms with van der Waals surface area (Å²) in [5.74, 6) is 1.51. The van der Waals surface area contributed by atoms with Gasteiger partial charge < -0.3 is 19.7 Å². The first kappa shape index (κ1) is 19.1. The van der Waals surface area contributed by atoms with Crippen molar-refractivity contribution in [2.24, 2.45) is 11.8 Å². The van der Waals surface area contributed by atoms with E-state index in [1.165, 1.54) is 0 Å². The fourth-order valence-electron chi connectivity index (χ4n) is 3.05. The van der Waals surface area contributed by atoms with E-state index in [-0.39, 0.29) is 23.7 Å². The van der Waals surface area contributed by atoms with Crippen LogP contribution >= 0.6 is 0 Å². The molecule has 2 rings (SSSR count). The predicted molar refractivity (Wildman–Crippen MR) is 95.5 cm³/mol. The summed E-state index contributed by atoms with van der Waals surface area (Å²) >= 11 is 0. The highest BCUT2D eigenvalue weighted by Crippen LogP contribution is 2.27. The molecule has 0 saturated carbocycles. The van der Waals surface area contributed by atoms with Gasteiger partial charge in [0.2, 0.25) is 11.8 Å². The van der Waals surface area contributed by atoms with E-state index in [4.69, 9.17) is 9.47 Å². The zero-order valence-corrected chi connectivity index (χ0v) is 15.5. The molecule has 0 radical (unpaired) electrons. The Bertz CT molecular complexity index is 607. The van der Waals surface area contributed by atoms with Crippen molar-refractivity contribution in [2.75, 3.05) is 27.3 Å². The van der Waals surface area contributed by atoms with Crippen LogP contribution in [0, 0.1) is 11.8 Å². The number of hydrogen-bond acceptors (Lipinski definition) is 4. The van der Waals surface area contributed by atoms with Crippen LogP contribution in [0.3, 0.4) is 0 Å².